The van der Waals surface area contributed by atoms with Crippen LogP contribution in [0.4, 0.5) is 5.69 Å². The molecule has 2 N–H and O–H groups in total. The average molecular weight is 460 g/mol. The number of carbonyl (C=O) groups is 3. The summed E-state index contributed by atoms with van der Waals surface area (Å²) in [7, 11) is 0. The smallest absolute Gasteiger partial charge is 0.278 e. The van der Waals surface area contributed by atoms with Crippen molar-refractivity contribution in [2.24, 2.45) is 0 Å². The molecule has 7 heteroatoms. The Kier molecular flexibility index (Phi) is 6.56. The molecule has 0 atom stereocenters. The van der Waals surface area contributed by atoms with Crippen LogP contribution in [0.15, 0.2) is 89.6 Å². The minimum absolute atomic E-state index is 0.0822. The molecule has 0 aliphatic carbocycles. The van der Waals surface area contributed by atoms with Crippen LogP contribution >= 0.6 is 11.6 Å². The van der Waals surface area contributed by atoms with Crippen LogP contribution in [0.2, 0.25) is 0 Å². The van der Waals surface area contributed by atoms with Crippen molar-refractivity contribution in [2.75, 3.05) is 5.32 Å². The fourth-order valence-corrected chi connectivity index (χ4v) is 3.66. The monoisotopic (exact) mass is 459 g/mol. The summed E-state index contributed by atoms with van der Waals surface area (Å²) in [5, 5.41) is 5.71. The Morgan fingerprint density at radius 3 is 2.18 bits per heavy atom. The zero-order chi connectivity index (χ0) is 23.4. The van der Waals surface area contributed by atoms with Crippen molar-refractivity contribution >= 4 is 35.0 Å². The van der Waals surface area contributed by atoms with Crippen LogP contribution in [0.3, 0.4) is 0 Å². The standard InChI is InChI=1S/C26H22ClN3O3/c1-17-7-13-21(14-8-17)29-24(31)20-11-9-18(10-12-20)15-28-23-22(27)25(32)30(26(23)33)16-19-5-3-2-4-6-19/h2-14,28H,15-16H2,1H3,(H,29,31). The lowest BCUT2D eigenvalue weighted by molar-refractivity contribution is -0.138. The van der Waals surface area contributed by atoms with Gasteiger partial charge in [-0.25, -0.2) is 0 Å². The molecule has 0 saturated heterocycles. The first-order chi connectivity index (χ1) is 15.9. The van der Waals surface area contributed by atoms with Gasteiger partial charge in [0.2, 0.25) is 0 Å². The van der Waals surface area contributed by atoms with Gasteiger partial charge in [0, 0.05) is 17.8 Å². The molecule has 0 radical (unpaired) electrons. The van der Waals surface area contributed by atoms with Crippen molar-refractivity contribution in [3.8, 4) is 0 Å². The Bertz CT molecular complexity index is 1220. The van der Waals surface area contributed by atoms with Gasteiger partial charge in [-0.15, -0.1) is 0 Å². The van der Waals surface area contributed by atoms with E-state index in [1.165, 1.54) is 0 Å². The first-order valence-electron chi connectivity index (χ1n) is 10.4. The van der Waals surface area contributed by atoms with Crippen molar-refractivity contribution in [1.29, 1.82) is 0 Å². The van der Waals surface area contributed by atoms with Gasteiger partial charge < -0.3 is 10.6 Å². The minimum Gasteiger partial charge on any atom is -0.375 e. The number of amides is 3. The summed E-state index contributed by atoms with van der Waals surface area (Å²) >= 11 is 6.16. The van der Waals surface area contributed by atoms with Crippen molar-refractivity contribution in [3.63, 3.8) is 0 Å². The zero-order valence-corrected chi connectivity index (χ0v) is 18.7. The van der Waals surface area contributed by atoms with Gasteiger partial charge in [-0.05, 0) is 42.3 Å². The van der Waals surface area contributed by atoms with Gasteiger partial charge in [-0.2, -0.15) is 0 Å². The number of nitrogens with one attached hydrogen (secondary N) is 2. The third-order valence-electron chi connectivity index (χ3n) is 5.29. The van der Waals surface area contributed by atoms with Crippen molar-refractivity contribution in [3.05, 3.63) is 112 Å². The normalized spacial score (nSPS) is 13.5. The summed E-state index contributed by atoms with van der Waals surface area (Å²) in [6.07, 6.45) is 0. The molecule has 6 nitrogen and oxygen atoms in total. The van der Waals surface area contributed by atoms with Gasteiger partial charge in [0.1, 0.15) is 10.7 Å². The number of halogens is 1. The van der Waals surface area contributed by atoms with Gasteiger partial charge in [0.15, 0.2) is 0 Å². The van der Waals surface area contributed by atoms with Crippen molar-refractivity contribution in [2.45, 2.75) is 20.0 Å². The molecule has 3 amide bonds. The predicted molar refractivity (Wildman–Crippen MR) is 127 cm³/mol. The SMILES string of the molecule is Cc1ccc(NC(=O)c2ccc(CNC3=C(Cl)C(=O)N(Cc4ccccc4)C3=O)cc2)cc1. The summed E-state index contributed by atoms with van der Waals surface area (Å²) in [5.74, 6) is -1.18. The van der Waals surface area contributed by atoms with E-state index in [0.717, 1.165) is 27.3 Å². The number of carbonyl (C=O) groups excluding carboxylic acids is 3. The van der Waals surface area contributed by atoms with E-state index in [4.69, 9.17) is 11.6 Å². The maximum absolute atomic E-state index is 12.7. The molecule has 166 valence electrons. The Morgan fingerprint density at radius 2 is 1.52 bits per heavy atom. The lowest BCUT2D eigenvalue weighted by Gasteiger charge is -2.15. The molecule has 33 heavy (non-hydrogen) atoms. The van der Waals surface area contributed by atoms with Gasteiger partial charge >= 0.3 is 0 Å². The second-order valence-corrected chi connectivity index (χ2v) is 8.12. The Labute approximate surface area is 196 Å². The molecule has 3 aromatic rings. The van der Waals surface area contributed by atoms with Crippen LogP contribution in [-0.4, -0.2) is 22.6 Å². The molecule has 0 spiro atoms. The molecule has 4 rings (SSSR count). The number of hydrogen-bond acceptors (Lipinski definition) is 4. The molecule has 1 aliphatic heterocycles. The van der Waals surface area contributed by atoms with Crippen LogP contribution in [-0.2, 0) is 22.7 Å². The molecule has 0 unspecified atom stereocenters. The maximum atomic E-state index is 12.7. The molecule has 0 bridgehead atoms. The molecule has 0 fully saturated rings. The van der Waals surface area contributed by atoms with E-state index >= 15 is 0 Å². The molecule has 0 aromatic heterocycles. The topological polar surface area (TPSA) is 78.5 Å². The molecular weight excluding hydrogens is 438 g/mol. The number of hydrogen-bond donors (Lipinski definition) is 2. The van der Waals surface area contributed by atoms with E-state index in [1.54, 1.807) is 24.3 Å². The van der Waals surface area contributed by atoms with E-state index in [2.05, 4.69) is 10.6 Å². The van der Waals surface area contributed by atoms with E-state index in [1.807, 2.05) is 61.5 Å². The number of benzene rings is 3. The summed E-state index contributed by atoms with van der Waals surface area (Å²) in [6.45, 7) is 2.42. The van der Waals surface area contributed by atoms with E-state index < -0.39 is 11.8 Å². The highest BCUT2D eigenvalue weighted by molar-refractivity contribution is 6.47. The highest BCUT2D eigenvalue weighted by atomic mass is 35.5. The quantitative estimate of drug-likeness (QED) is 0.515. The summed E-state index contributed by atoms with van der Waals surface area (Å²) in [4.78, 5) is 38.8. The number of aryl methyl sites for hydroxylation is 1. The lowest BCUT2D eigenvalue weighted by Crippen LogP contribution is -2.33. The largest absolute Gasteiger partial charge is 0.375 e. The molecule has 1 heterocycles. The average Bonchev–Trinajstić information content (AvgIpc) is 3.03. The lowest BCUT2D eigenvalue weighted by atomic mass is 10.1. The predicted octanol–water partition coefficient (Wildman–Crippen LogP) is 4.36. The molecule has 0 saturated carbocycles. The van der Waals surface area contributed by atoms with E-state index in [-0.39, 0.29) is 29.7 Å². The third kappa shape index (κ3) is 5.13. The van der Waals surface area contributed by atoms with Crippen LogP contribution < -0.4 is 10.6 Å². The summed E-state index contributed by atoms with van der Waals surface area (Å²) in [5.41, 5.74) is 4.11. The highest BCUT2D eigenvalue weighted by Gasteiger charge is 2.37. The van der Waals surface area contributed by atoms with Crippen LogP contribution in [0.5, 0.6) is 0 Å². The summed E-state index contributed by atoms with van der Waals surface area (Å²) < 4.78 is 0. The second kappa shape index (κ2) is 9.71. The second-order valence-electron chi connectivity index (χ2n) is 7.74. The minimum atomic E-state index is -0.517. The summed E-state index contributed by atoms with van der Waals surface area (Å²) in [6, 6.07) is 23.8. The Balaban J connectivity index is 1.36. The van der Waals surface area contributed by atoms with E-state index in [9.17, 15) is 14.4 Å². The van der Waals surface area contributed by atoms with Gasteiger partial charge in [0.05, 0.1) is 6.54 Å². The van der Waals surface area contributed by atoms with Crippen molar-refractivity contribution in [1.82, 2.24) is 10.2 Å². The molecule has 1 aliphatic rings. The molecular formula is C26H22ClN3O3. The first-order valence-corrected chi connectivity index (χ1v) is 10.8. The fraction of sp³-hybridized carbons (Fsp3) is 0.115. The van der Waals surface area contributed by atoms with Crippen LogP contribution in [0.1, 0.15) is 27.0 Å². The number of imide groups is 1. The Morgan fingerprint density at radius 1 is 0.848 bits per heavy atom. The highest BCUT2D eigenvalue weighted by Crippen LogP contribution is 2.24. The van der Waals surface area contributed by atoms with Crippen LogP contribution in [0, 0.1) is 6.92 Å². The van der Waals surface area contributed by atoms with Gasteiger partial charge in [-0.3, -0.25) is 19.3 Å². The maximum Gasteiger partial charge on any atom is 0.278 e. The Hall–Kier alpha value is -3.90. The first kappa shape index (κ1) is 22.3. The third-order valence-corrected chi connectivity index (χ3v) is 5.64. The number of nitrogens with zero attached hydrogens (tertiary/aromatic N) is 1. The number of rotatable bonds is 7. The van der Waals surface area contributed by atoms with Gasteiger partial charge in [-0.1, -0.05) is 71.8 Å². The van der Waals surface area contributed by atoms with E-state index in [0.29, 0.717) is 5.56 Å². The fourth-order valence-electron chi connectivity index (χ4n) is 3.41. The molecule has 3 aromatic carbocycles. The zero-order valence-electron chi connectivity index (χ0n) is 18.0. The van der Waals surface area contributed by atoms with Crippen molar-refractivity contribution < 1.29 is 14.4 Å². The van der Waals surface area contributed by atoms with Crippen LogP contribution in [0.25, 0.3) is 0 Å². The van der Waals surface area contributed by atoms with Gasteiger partial charge in [0.25, 0.3) is 17.7 Å². The number of anilines is 1.